The molecule has 1 saturated carbocycles. The van der Waals surface area contributed by atoms with E-state index in [4.69, 9.17) is 17.3 Å². The molecule has 4 heteroatoms. The van der Waals surface area contributed by atoms with E-state index in [1.807, 2.05) is 0 Å². The largest absolute Gasteiger partial charge is 0.383 e. The summed E-state index contributed by atoms with van der Waals surface area (Å²) in [5.74, 6) is 1.21. The average Bonchev–Trinajstić information content (AvgIpc) is 2.32. The number of aromatic nitrogens is 1. The maximum Gasteiger partial charge on any atom is 0.169 e. The molecule has 1 aromatic rings. The van der Waals surface area contributed by atoms with Gasteiger partial charge in [-0.05, 0) is 24.8 Å². The molecule has 0 atom stereocenters. The van der Waals surface area contributed by atoms with Gasteiger partial charge < -0.3 is 5.73 Å². The summed E-state index contributed by atoms with van der Waals surface area (Å²) in [4.78, 5) is 16.2. The third-order valence-corrected chi connectivity index (χ3v) is 3.74. The number of hydrogen-bond acceptors (Lipinski definition) is 3. The van der Waals surface area contributed by atoms with E-state index in [9.17, 15) is 4.79 Å². The monoisotopic (exact) mass is 252 g/mol. The molecule has 2 rings (SSSR count). The lowest BCUT2D eigenvalue weighted by atomic mass is 9.79. The minimum atomic E-state index is 0.0915. The Labute approximate surface area is 106 Å². The summed E-state index contributed by atoms with van der Waals surface area (Å²) in [6.45, 7) is 2.23. The molecule has 1 aliphatic rings. The van der Waals surface area contributed by atoms with Gasteiger partial charge in [-0.3, -0.25) is 4.79 Å². The molecule has 0 aliphatic heterocycles. The maximum atomic E-state index is 12.3. The van der Waals surface area contributed by atoms with Gasteiger partial charge in [-0.15, -0.1) is 0 Å². The third-order valence-electron chi connectivity index (χ3n) is 3.54. The fraction of sp³-hybridized carbons (Fsp3) is 0.538. The lowest BCUT2D eigenvalue weighted by Gasteiger charge is -2.25. The Morgan fingerprint density at radius 3 is 2.71 bits per heavy atom. The Balaban J connectivity index is 2.16. The molecule has 17 heavy (non-hydrogen) atoms. The van der Waals surface area contributed by atoms with Crippen LogP contribution in [0.25, 0.3) is 0 Å². The molecule has 1 heterocycles. The number of nitrogens with zero attached hydrogens (tertiary/aromatic N) is 1. The van der Waals surface area contributed by atoms with E-state index in [0.29, 0.717) is 10.6 Å². The molecule has 92 valence electrons. The van der Waals surface area contributed by atoms with Crippen molar-refractivity contribution < 1.29 is 4.79 Å². The first kappa shape index (κ1) is 12.4. The second-order valence-electron chi connectivity index (χ2n) is 4.91. The summed E-state index contributed by atoms with van der Waals surface area (Å²) >= 11 is 5.85. The highest BCUT2D eigenvalue weighted by atomic mass is 35.5. The van der Waals surface area contributed by atoms with Gasteiger partial charge in [0, 0.05) is 12.1 Å². The molecule has 0 bridgehead atoms. The first-order valence-corrected chi connectivity index (χ1v) is 6.41. The van der Waals surface area contributed by atoms with Crippen LogP contribution in [-0.2, 0) is 0 Å². The van der Waals surface area contributed by atoms with Gasteiger partial charge in [0.05, 0.1) is 10.6 Å². The van der Waals surface area contributed by atoms with Crippen LogP contribution < -0.4 is 5.73 Å². The van der Waals surface area contributed by atoms with Gasteiger partial charge in [-0.2, -0.15) is 0 Å². The minimum Gasteiger partial charge on any atom is -0.383 e. The van der Waals surface area contributed by atoms with Gasteiger partial charge in [-0.1, -0.05) is 31.4 Å². The van der Waals surface area contributed by atoms with Gasteiger partial charge in [0.2, 0.25) is 0 Å². The molecule has 0 amide bonds. The van der Waals surface area contributed by atoms with Crippen molar-refractivity contribution in [2.75, 3.05) is 5.73 Å². The van der Waals surface area contributed by atoms with E-state index in [2.05, 4.69) is 11.9 Å². The average molecular weight is 253 g/mol. The molecule has 1 aromatic heterocycles. The van der Waals surface area contributed by atoms with Crippen molar-refractivity contribution in [3.8, 4) is 0 Å². The Morgan fingerprint density at radius 2 is 2.06 bits per heavy atom. The zero-order valence-electron chi connectivity index (χ0n) is 9.95. The highest BCUT2D eigenvalue weighted by molar-refractivity contribution is 6.31. The smallest absolute Gasteiger partial charge is 0.169 e. The first-order chi connectivity index (χ1) is 8.08. The molecule has 1 fully saturated rings. The van der Waals surface area contributed by atoms with Crippen molar-refractivity contribution in [2.24, 2.45) is 11.8 Å². The van der Waals surface area contributed by atoms with E-state index in [1.165, 1.54) is 6.20 Å². The number of Topliss-reactive ketones (excluding diaryl/α,β-unsaturated/α-hetero) is 1. The second-order valence-corrected chi connectivity index (χ2v) is 5.34. The van der Waals surface area contributed by atoms with E-state index in [1.54, 1.807) is 6.07 Å². The van der Waals surface area contributed by atoms with Gasteiger partial charge >= 0.3 is 0 Å². The zero-order chi connectivity index (χ0) is 12.4. The van der Waals surface area contributed by atoms with Gasteiger partial charge in [0.25, 0.3) is 0 Å². The van der Waals surface area contributed by atoms with Gasteiger partial charge in [-0.25, -0.2) is 4.98 Å². The predicted molar refractivity (Wildman–Crippen MR) is 69.1 cm³/mol. The number of halogens is 1. The predicted octanol–water partition coefficient (Wildman–Crippen LogP) is 3.33. The van der Waals surface area contributed by atoms with E-state index in [-0.39, 0.29) is 17.5 Å². The van der Waals surface area contributed by atoms with Crippen LogP contribution in [0.15, 0.2) is 12.3 Å². The standard InChI is InChI=1S/C13H17ClN2O/c1-8-2-4-9(5-3-8)12(17)11-6-10(14)7-16-13(11)15/h6-9H,2-5H2,1H3,(H2,15,16). The number of ketones is 1. The van der Waals surface area contributed by atoms with Crippen LogP contribution in [0.2, 0.25) is 5.02 Å². The summed E-state index contributed by atoms with van der Waals surface area (Å²) in [5, 5.41) is 0.465. The summed E-state index contributed by atoms with van der Waals surface area (Å²) in [7, 11) is 0. The fourth-order valence-electron chi connectivity index (χ4n) is 2.39. The summed E-state index contributed by atoms with van der Waals surface area (Å²) in [6.07, 6.45) is 5.60. The molecular formula is C13H17ClN2O. The van der Waals surface area contributed by atoms with Gasteiger partial charge in [0.15, 0.2) is 5.78 Å². The third kappa shape index (κ3) is 2.78. The lowest BCUT2D eigenvalue weighted by molar-refractivity contribution is 0.0876. The molecule has 0 saturated heterocycles. The first-order valence-electron chi connectivity index (χ1n) is 6.03. The number of hydrogen-bond donors (Lipinski definition) is 1. The molecule has 0 aromatic carbocycles. The van der Waals surface area contributed by atoms with Crippen LogP contribution in [-0.4, -0.2) is 10.8 Å². The SMILES string of the molecule is CC1CCC(C(=O)c2cc(Cl)cnc2N)CC1. The summed E-state index contributed by atoms with van der Waals surface area (Å²) < 4.78 is 0. The number of carbonyl (C=O) groups excluding carboxylic acids is 1. The molecule has 1 aliphatic carbocycles. The maximum absolute atomic E-state index is 12.3. The summed E-state index contributed by atoms with van der Waals surface area (Å²) in [5.41, 5.74) is 6.22. The number of pyridine rings is 1. The van der Waals surface area contributed by atoms with Crippen molar-refractivity contribution in [3.05, 3.63) is 22.8 Å². The van der Waals surface area contributed by atoms with E-state index >= 15 is 0 Å². The number of rotatable bonds is 2. The number of anilines is 1. The molecule has 0 radical (unpaired) electrons. The van der Waals surface area contributed by atoms with E-state index in [0.717, 1.165) is 31.6 Å². The lowest BCUT2D eigenvalue weighted by Crippen LogP contribution is -2.22. The van der Waals surface area contributed by atoms with Crippen molar-refractivity contribution in [1.82, 2.24) is 4.98 Å². The summed E-state index contributed by atoms with van der Waals surface area (Å²) in [6, 6.07) is 1.63. The minimum absolute atomic E-state index is 0.0915. The Bertz CT molecular complexity index is 425. The second kappa shape index (κ2) is 5.05. The number of nitrogen functional groups attached to an aromatic ring is 1. The Morgan fingerprint density at radius 1 is 1.41 bits per heavy atom. The van der Waals surface area contributed by atoms with Crippen molar-refractivity contribution in [1.29, 1.82) is 0 Å². The topological polar surface area (TPSA) is 56.0 Å². The quantitative estimate of drug-likeness (QED) is 0.822. The highest BCUT2D eigenvalue weighted by Crippen LogP contribution is 2.31. The van der Waals surface area contributed by atoms with Crippen LogP contribution in [0.3, 0.4) is 0 Å². The van der Waals surface area contributed by atoms with Crippen molar-refractivity contribution >= 4 is 23.2 Å². The highest BCUT2D eigenvalue weighted by Gasteiger charge is 2.26. The van der Waals surface area contributed by atoms with Crippen LogP contribution in [0, 0.1) is 11.8 Å². The van der Waals surface area contributed by atoms with Crippen LogP contribution in [0.5, 0.6) is 0 Å². The molecular weight excluding hydrogens is 236 g/mol. The Kier molecular flexibility index (Phi) is 3.67. The van der Waals surface area contributed by atoms with E-state index < -0.39 is 0 Å². The molecule has 3 nitrogen and oxygen atoms in total. The molecule has 0 spiro atoms. The van der Waals surface area contributed by atoms with Crippen LogP contribution in [0.4, 0.5) is 5.82 Å². The molecule has 2 N–H and O–H groups in total. The number of carbonyl (C=O) groups is 1. The fourth-order valence-corrected chi connectivity index (χ4v) is 2.55. The van der Waals surface area contributed by atoms with Crippen molar-refractivity contribution in [2.45, 2.75) is 32.6 Å². The Hall–Kier alpha value is -1.09. The van der Waals surface area contributed by atoms with Crippen LogP contribution in [0.1, 0.15) is 43.0 Å². The number of nitrogens with two attached hydrogens (primary N) is 1. The van der Waals surface area contributed by atoms with Crippen molar-refractivity contribution in [3.63, 3.8) is 0 Å². The van der Waals surface area contributed by atoms with Crippen LogP contribution >= 0.6 is 11.6 Å². The van der Waals surface area contributed by atoms with Gasteiger partial charge in [0.1, 0.15) is 5.82 Å². The molecule has 0 unspecified atom stereocenters. The zero-order valence-corrected chi connectivity index (χ0v) is 10.7. The normalized spacial score (nSPS) is 24.6.